The predicted octanol–water partition coefficient (Wildman–Crippen LogP) is 6.57. The molecule has 0 bridgehead atoms. The van der Waals surface area contributed by atoms with E-state index in [9.17, 15) is 4.79 Å². The van der Waals surface area contributed by atoms with Crippen LogP contribution in [-0.2, 0) is 4.84 Å². The fraction of sp³-hybridized carbons (Fsp3) is 0.0417. The van der Waals surface area contributed by atoms with E-state index in [-0.39, 0.29) is 0 Å². The molecule has 4 aromatic rings. The summed E-state index contributed by atoms with van der Waals surface area (Å²) in [7, 11) is 0. The van der Waals surface area contributed by atoms with Crippen LogP contribution in [0.2, 0.25) is 5.02 Å². The highest BCUT2D eigenvalue weighted by molar-refractivity contribution is 6.30. The first kappa shape index (κ1) is 17.6. The number of anilines is 2. The van der Waals surface area contributed by atoms with Gasteiger partial charge < -0.3 is 4.84 Å². The number of nitrogens with zero attached hydrogens (tertiary/aromatic N) is 2. The highest BCUT2D eigenvalue weighted by Crippen LogP contribution is 2.42. The number of carbonyl (C=O) groups excluding carboxylic acids is 1. The molecular formula is C24H17ClN2O2. The van der Waals surface area contributed by atoms with Crippen molar-refractivity contribution in [1.82, 2.24) is 0 Å². The van der Waals surface area contributed by atoms with Gasteiger partial charge in [0.15, 0.2) is 6.17 Å². The van der Waals surface area contributed by atoms with Crippen LogP contribution < -0.4 is 9.96 Å². The Morgan fingerprint density at radius 2 is 1.45 bits per heavy atom. The molecule has 4 nitrogen and oxygen atoms in total. The average molecular weight is 401 g/mol. The lowest BCUT2D eigenvalue weighted by Crippen LogP contribution is -2.32. The molecule has 0 saturated carbocycles. The molecule has 1 aliphatic rings. The number of fused-ring (bicyclic) bond motifs is 1. The lowest BCUT2D eigenvalue weighted by Gasteiger charge is -2.28. The smallest absolute Gasteiger partial charge is 0.319 e. The van der Waals surface area contributed by atoms with E-state index in [2.05, 4.69) is 18.2 Å². The zero-order valence-corrected chi connectivity index (χ0v) is 16.2. The van der Waals surface area contributed by atoms with Crippen molar-refractivity contribution < 1.29 is 9.63 Å². The van der Waals surface area contributed by atoms with Gasteiger partial charge in [0.25, 0.3) is 0 Å². The van der Waals surface area contributed by atoms with E-state index < -0.39 is 12.3 Å². The SMILES string of the molecule is O=C1ON(c2ccccc2)[C@@H](c2cccc3ccccc23)N1c1cccc(Cl)c1. The Balaban J connectivity index is 1.73. The normalized spacial score (nSPS) is 16.3. The number of amides is 1. The lowest BCUT2D eigenvalue weighted by atomic mass is 10.0. The number of rotatable bonds is 3. The first-order valence-corrected chi connectivity index (χ1v) is 9.69. The summed E-state index contributed by atoms with van der Waals surface area (Å²) < 4.78 is 0. The molecule has 0 spiro atoms. The molecule has 29 heavy (non-hydrogen) atoms. The Morgan fingerprint density at radius 1 is 0.759 bits per heavy atom. The quantitative estimate of drug-likeness (QED) is 0.390. The molecule has 1 fully saturated rings. The van der Waals surface area contributed by atoms with Crippen molar-refractivity contribution in [1.29, 1.82) is 0 Å². The van der Waals surface area contributed by atoms with E-state index in [0.717, 1.165) is 22.0 Å². The van der Waals surface area contributed by atoms with Crippen molar-refractivity contribution in [2.45, 2.75) is 6.17 Å². The van der Waals surface area contributed by atoms with Crippen LogP contribution >= 0.6 is 11.6 Å². The maximum absolute atomic E-state index is 13.0. The Bertz CT molecular complexity index is 1190. The Labute approximate surface area is 173 Å². The summed E-state index contributed by atoms with van der Waals surface area (Å²) >= 11 is 6.22. The van der Waals surface area contributed by atoms with Crippen LogP contribution in [0.25, 0.3) is 10.8 Å². The summed E-state index contributed by atoms with van der Waals surface area (Å²) in [6, 6.07) is 31.1. The summed E-state index contributed by atoms with van der Waals surface area (Å²) in [4.78, 5) is 20.4. The second-order valence-corrected chi connectivity index (χ2v) is 7.25. The van der Waals surface area contributed by atoms with E-state index >= 15 is 0 Å². The van der Waals surface area contributed by atoms with Crippen molar-refractivity contribution in [3.8, 4) is 0 Å². The maximum atomic E-state index is 13.0. The topological polar surface area (TPSA) is 32.8 Å². The molecule has 0 radical (unpaired) electrons. The van der Waals surface area contributed by atoms with Gasteiger partial charge in [-0.3, -0.25) is 0 Å². The van der Waals surface area contributed by atoms with Gasteiger partial charge in [-0.05, 0) is 41.1 Å². The third-order valence-electron chi connectivity index (χ3n) is 5.04. The molecule has 0 unspecified atom stereocenters. The first-order chi connectivity index (χ1) is 14.2. The van der Waals surface area contributed by atoms with Gasteiger partial charge in [0.05, 0.1) is 11.4 Å². The Hall–Kier alpha value is -3.50. The van der Waals surface area contributed by atoms with Gasteiger partial charge in [-0.2, -0.15) is 5.06 Å². The molecule has 4 aromatic carbocycles. The summed E-state index contributed by atoms with van der Waals surface area (Å²) in [5.74, 6) is 0. The first-order valence-electron chi connectivity index (χ1n) is 9.31. The minimum absolute atomic E-state index is 0.450. The number of benzene rings is 4. The van der Waals surface area contributed by atoms with Gasteiger partial charge in [0, 0.05) is 10.6 Å². The molecule has 0 N–H and O–H groups in total. The van der Waals surface area contributed by atoms with Crippen molar-refractivity contribution in [2.24, 2.45) is 0 Å². The third kappa shape index (κ3) is 3.08. The van der Waals surface area contributed by atoms with Crippen molar-refractivity contribution in [2.75, 3.05) is 9.96 Å². The van der Waals surface area contributed by atoms with Crippen molar-refractivity contribution in [3.63, 3.8) is 0 Å². The van der Waals surface area contributed by atoms with Crippen LogP contribution in [0.3, 0.4) is 0 Å². The van der Waals surface area contributed by atoms with Gasteiger partial charge in [-0.1, -0.05) is 78.3 Å². The van der Waals surface area contributed by atoms with Gasteiger partial charge in [0.2, 0.25) is 0 Å². The number of hydroxylamine groups is 1. The van der Waals surface area contributed by atoms with E-state index in [4.69, 9.17) is 16.4 Å². The number of para-hydroxylation sites is 1. The highest BCUT2D eigenvalue weighted by atomic mass is 35.5. The molecule has 1 heterocycles. The van der Waals surface area contributed by atoms with Crippen LogP contribution in [0.15, 0.2) is 97.1 Å². The minimum atomic E-state index is -0.477. The molecule has 1 amide bonds. The van der Waals surface area contributed by atoms with Crippen molar-refractivity contribution >= 4 is 39.8 Å². The maximum Gasteiger partial charge on any atom is 0.440 e. The van der Waals surface area contributed by atoms with E-state index in [1.807, 2.05) is 66.7 Å². The highest BCUT2D eigenvalue weighted by Gasteiger charge is 2.43. The summed E-state index contributed by atoms with van der Waals surface area (Å²) in [5, 5.41) is 4.38. The second kappa shape index (κ2) is 7.15. The molecule has 142 valence electrons. The molecule has 0 aromatic heterocycles. The third-order valence-corrected chi connectivity index (χ3v) is 5.27. The molecule has 1 saturated heterocycles. The molecule has 1 aliphatic heterocycles. The number of hydrogen-bond donors (Lipinski definition) is 0. The average Bonchev–Trinajstić information content (AvgIpc) is 3.11. The fourth-order valence-electron chi connectivity index (χ4n) is 3.77. The van der Waals surface area contributed by atoms with Crippen LogP contribution in [0.4, 0.5) is 16.2 Å². The van der Waals surface area contributed by atoms with Crippen molar-refractivity contribution in [3.05, 3.63) is 108 Å². The zero-order valence-electron chi connectivity index (χ0n) is 15.4. The van der Waals surface area contributed by atoms with Crippen LogP contribution in [0.1, 0.15) is 11.7 Å². The minimum Gasteiger partial charge on any atom is -0.319 e. The molecule has 5 rings (SSSR count). The number of carbonyl (C=O) groups is 1. The van der Waals surface area contributed by atoms with Crippen LogP contribution in [-0.4, -0.2) is 6.09 Å². The van der Waals surface area contributed by atoms with Crippen LogP contribution in [0.5, 0.6) is 0 Å². The number of halogens is 1. The number of hydrogen-bond acceptors (Lipinski definition) is 3. The molecule has 1 atom stereocenters. The summed E-state index contributed by atoms with van der Waals surface area (Å²) in [6.45, 7) is 0. The Morgan fingerprint density at radius 3 is 2.28 bits per heavy atom. The van der Waals surface area contributed by atoms with E-state index in [1.54, 1.807) is 22.1 Å². The van der Waals surface area contributed by atoms with E-state index in [0.29, 0.717) is 10.7 Å². The lowest BCUT2D eigenvalue weighted by molar-refractivity contribution is 0.164. The molecular weight excluding hydrogens is 384 g/mol. The zero-order chi connectivity index (χ0) is 19.8. The van der Waals surface area contributed by atoms with Gasteiger partial charge in [-0.25, -0.2) is 9.69 Å². The monoisotopic (exact) mass is 400 g/mol. The standard InChI is InChI=1S/C24H17ClN2O2/c25-18-10-7-13-20(16-18)26-23(22-15-6-9-17-8-4-5-14-21(17)22)27(29-24(26)28)19-11-2-1-3-12-19/h1-16,23H/t23-/m0/s1. The predicted molar refractivity (Wildman–Crippen MR) is 116 cm³/mol. The molecule has 0 aliphatic carbocycles. The van der Waals surface area contributed by atoms with Crippen LogP contribution in [0, 0.1) is 0 Å². The van der Waals surface area contributed by atoms with E-state index in [1.165, 1.54) is 0 Å². The summed E-state index contributed by atoms with van der Waals surface area (Å²) in [6.07, 6.45) is -0.927. The van der Waals surface area contributed by atoms with Gasteiger partial charge in [-0.15, -0.1) is 0 Å². The Kier molecular flexibility index (Phi) is 4.34. The van der Waals surface area contributed by atoms with Gasteiger partial charge in [0.1, 0.15) is 0 Å². The molecule has 5 heteroatoms. The summed E-state index contributed by atoms with van der Waals surface area (Å²) in [5.41, 5.74) is 2.44. The van der Waals surface area contributed by atoms with Gasteiger partial charge >= 0.3 is 6.09 Å². The fourth-order valence-corrected chi connectivity index (χ4v) is 3.95. The largest absolute Gasteiger partial charge is 0.440 e. The second-order valence-electron chi connectivity index (χ2n) is 6.81.